The van der Waals surface area contributed by atoms with E-state index >= 15 is 0 Å². The molecule has 2 amide bonds. The summed E-state index contributed by atoms with van der Waals surface area (Å²) in [6.45, 7) is 2.21. The number of carbonyl (C=O) groups is 2. The molecule has 0 saturated carbocycles. The molecule has 2 aromatic rings. The van der Waals surface area contributed by atoms with Crippen LogP contribution in [0.2, 0.25) is 5.02 Å². The molecule has 0 radical (unpaired) electrons. The molecule has 0 bridgehead atoms. The second kappa shape index (κ2) is 7.13. The molecule has 0 aliphatic carbocycles. The van der Waals surface area contributed by atoms with Crippen LogP contribution in [0.5, 0.6) is 0 Å². The smallest absolute Gasteiger partial charge is 0.288 e. The Hall–Kier alpha value is -2.93. The van der Waals surface area contributed by atoms with Gasteiger partial charge in [-0.1, -0.05) is 11.6 Å². The van der Waals surface area contributed by atoms with Crippen LogP contribution in [-0.2, 0) is 11.2 Å². The third-order valence-corrected chi connectivity index (χ3v) is 4.56. The Morgan fingerprint density at radius 3 is 2.69 bits per heavy atom. The lowest BCUT2D eigenvalue weighted by Crippen LogP contribution is -2.33. The number of amides is 2. The molecule has 2 aromatic carbocycles. The van der Waals surface area contributed by atoms with E-state index in [1.807, 2.05) is 6.07 Å². The van der Waals surface area contributed by atoms with Gasteiger partial charge < -0.3 is 10.2 Å². The number of nitro groups is 1. The number of nitrogens with one attached hydrogen (secondary N) is 1. The lowest BCUT2D eigenvalue weighted by Gasteiger charge is -2.29. The quantitative estimate of drug-likeness (QED) is 0.654. The molecule has 0 atom stereocenters. The maximum absolute atomic E-state index is 12.4. The van der Waals surface area contributed by atoms with E-state index < -0.39 is 10.8 Å². The largest absolute Gasteiger partial charge is 0.322 e. The van der Waals surface area contributed by atoms with Crippen LogP contribution in [0.1, 0.15) is 29.3 Å². The normalized spacial score (nSPS) is 13.1. The number of aryl methyl sites for hydroxylation is 1. The zero-order valence-corrected chi connectivity index (χ0v) is 14.7. The van der Waals surface area contributed by atoms with Gasteiger partial charge >= 0.3 is 0 Å². The summed E-state index contributed by atoms with van der Waals surface area (Å²) in [4.78, 5) is 36.2. The minimum atomic E-state index is -0.631. The van der Waals surface area contributed by atoms with E-state index in [-0.39, 0.29) is 22.2 Å². The number of hydrogen-bond donors (Lipinski definition) is 1. The van der Waals surface area contributed by atoms with Crippen LogP contribution in [0.4, 0.5) is 17.1 Å². The van der Waals surface area contributed by atoms with Gasteiger partial charge in [-0.3, -0.25) is 19.7 Å². The highest BCUT2D eigenvalue weighted by molar-refractivity contribution is 6.32. The van der Waals surface area contributed by atoms with Crippen LogP contribution < -0.4 is 10.2 Å². The maximum atomic E-state index is 12.4. The van der Waals surface area contributed by atoms with E-state index in [2.05, 4.69) is 5.32 Å². The summed E-state index contributed by atoms with van der Waals surface area (Å²) in [7, 11) is 0. The van der Waals surface area contributed by atoms with E-state index in [0.717, 1.165) is 30.2 Å². The Labute approximate surface area is 154 Å². The number of anilines is 2. The molecular formula is C18H16ClN3O4. The average molecular weight is 374 g/mol. The molecular weight excluding hydrogens is 358 g/mol. The van der Waals surface area contributed by atoms with Gasteiger partial charge in [0.05, 0.1) is 4.92 Å². The van der Waals surface area contributed by atoms with Gasteiger partial charge in [0.15, 0.2) is 0 Å². The van der Waals surface area contributed by atoms with Crippen molar-refractivity contribution in [3.8, 4) is 0 Å². The average Bonchev–Trinajstić information content (AvgIpc) is 2.60. The SMILES string of the molecule is CC(=O)N1CCCc2cc(NC(=O)c3ccc(Cl)c([N+](=O)[O-])c3)ccc21. The molecule has 1 N–H and O–H groups in total. The predicted molar refractivity (Wildman–Crippen MR) is 98.8 cm³/mol. The molecule has 1 aliphatic rings. The van der Waals surface area contributed by atoms with Crippen LogP contribution in [0.3, 0.4) is 0 Å². The number of nitrogens with zero attached hydrogens (tertiary/aromatic N) is 2. The fourth-order valence-corrected chi connectivity index (χ4v) is 3.19. The number of fused-ring (bicyclic) bond motifs is 1. The standard InChI is InChI=1S/C18H16ClN3O4/c1-11(23)21-8-2-3-12-9-14(5-7-16(12)21)20-18(24)13-4-6-15(19)17(10-13)22(25)26/h4-7,9-10H,2-3,8H2,1H3,(H,20,24). The van der Waals surface area contributed by atoms with Crippen molar-refractivity contribution in [3.05, 3.63) is 62.7 Å². The van der Waals surface area contributed by atoms with E-state index in [9.17, 15) is 19.7 Å². The summed E-state index contributed by atoms with van der Waals surface area (Å²) in [5.74, 6) is -0.486. The van der Waals surface area contributed by atoms with Crippen molar-refractivity contribution in [2.75, 3.05) is 16.8 Å². The Morgan fingerprint density at radius 2 is 2.00 bits per heavy atom. The molecule has 0 unspecified atom stereocenters. The topological polar surface area (TPSA) is 92.6 Å². The van der Waals surface area contributed by atoms with Gasteiger partial charge in [0.25, 0.3) is 11.6 Å². The van der Waals surface area contributed by atoms with Gasteiger partial charge in [0.2, 0.25) is 5.91 Å². The minimum Gasteiger partial charge on any atom is -0.322 e. The highest BCUT2D eigenvalue weighted by Gasteiger charge is 2.21. The van der Waals surface area contributed by atoms with Crippen LogP contribution in [0.25, 0.3) is 0 Å². The summed E-state index contributed by atoms with van der Waals surface area (Å²) in [6.07, 6.45) is 1.67. The molecule has 0 spiro atoms. The summed E-state index contributed by atoms with van der Waals surface area (Å²) < 4.78 is 0. The molecule has 134 valence electrons. The number of benzene rings is 2. The maximum Gasteiger partial charge on any atom is 0.288 e. The van der Waals surface area contributed by atoms with E-state index in [1.165, 1.54) is 19.1 Å². The molecule has 8 heteroatoms. The molecule has 1 heterocycles. The highest BCUT2D eigenvalue weighted by atomic mass is 35.5. The van der Waals surface area contributed by atoms with Gasteiger partial charge in [-0.05, 0) is 48.7 Å². The predicted octanol–water partition coefficient (Wildman–Crippen LogP) is 3.80. The zero-order valence-electron chi connectivity index (χ0n) is 14.0. The number of hydrogen-bond acceptors (Lipinski definition) is 4. The molecule has 0 aromatic heterocycles. The summed E-state index contributed by atoms with van der Waals surface area (Å²) >= 11 is 5.77. The summed E-state index contributed by atoms with van der Waals surface area (Å²) in [6, 6.07) is 9.24. The first kappa shape index (κ1) is 17.9. The van der Waals surface area contributed by atoms with Gasteiger partial charge in [0.1, 0.15) is 5.02 Å². The highest BCUT2D eigenvalue weighted by Crippen LogP contribution is 2.30. The third kappa shape index (κ3) is 3.52. The van der Waals surface area contributed by atoms with Crippen molar-refractivity contribution < 1.29 is 14.5 Å². The number of rotatable bonds is 3. The first-order valence-corrected chi connectivity index (χ1v) is 8.41. The summed E-state index contributed by atoms with van der Waals surface area (Å²) in [5, 5.41) is 13.7. The van der Waals surface area contributed by atoms with E-state index in [4.69, 9.17) is 11.6 Å². The lowest BCUT2D eigenvalue weighted by atomic mass is 10.0. The number of nitro benzene ring substituents is 1. The van der Waals surface area contributed by atoms with Crippen LogP contribution in [0, 0.1) is 10.1 Å². The van der Waals surface area contributed by atoms with Crippen molar-refractivity contribution in [2.45, 2.75) is 19.8 Å². The zero-order chi connectivity index (χ0) is 18.8. The van der Waals surface area contributed by atoms with Crippen molar-refractivity contribution >= 4 is 40.5 Å². The van der Waals surface area contributed by atoms with Crippen molar-refractivity contribution in [1.82, 2.24) is 0 Å². The lowest BCUT2D eigenvalue weighted by molar-refractivity contribution is -0.384. The van der Waals surface area contributed by atoms with Crippen molar-refractivity contribution in [2.24, 2.45) is 0 Å². The second-order valence-corrected chi connectivity index (χ2v) is 6.40. The Morgan fingerprint density at radius 1 is 1.23 bits per heavy atom. The molecule has 7 nitrogen and oxygen atoms in total. The van der Waals surface area contributed by atoms with E-state index in [0.29, 0.717) is 12.2 Å². The number of carbonyl (C=O) groups excluding carboxylic acids is 2. The van der Waals surface area contributed by atoms with Crippen molar-refractivity contribution in [3.63, 3.8) is 0 Å². The van der Waals surface area contributed by atoms with Crippen molar-refractivity contribution in [1.29, 1.82) is 0 Å². The number of halogens is 1. The van der Waals surface area contributed by atoms with Gasteiger partial charge in [0, 0.05) is 36.5 Å². The van der Waals surface area contributed by atoms with Gasteiger partial charge in [-0.2, -0.15) is 0 Å². The molecule has 0 saturated heterocycles. The van der Waals surface area contributed by atoms with Crippen LogP contribution in [0.15, 0.2) is 36.4 Å². The second-order valence-electron chi connectivity index (χ2n) is 6.00. The van der Waals surface area contributed by atoms with Crippen LogP contribution >= 0.6 is 11.6 Å². The fourth-order valence-electron chi connectivity index (χ4n) is 3.00. The Kier molecular flexibility index (Phi) is 4.90. The van der Waals surface area contributed by atoms with Gasteiger partial charge in [-0.15, -0.1) is 0 Å². The Bertz CT molecular complexity index is 913. The fraction of sp³-hybridized carbons (Fsp3) is 0.222. The molecule has 0 fully saturated rings. The first-order valence-electron chi connectivity index (χ1n) is 8.03. The van der Waals surface area contributed by atoms with Gasteiger partial charge in [-0.25, -0.2) is 0 Å². The minimum absolute atomic E-state index is 0.0174. The van der Waals surface area contributed by atoms with E-state index in [1.54, 1.807) is 17.0 Å². The molecule has 26 heavy (non-hydrogen) atoms. The molecule has 3 rings (SSSR count). The Balaban J connectivity index is 1.83. The first-order chi connectivity index (χ1) is 12.4. The summed E-state index contributed by atoms with van der Waals surface area (Å²) in [5.41, 5.74) is 2.22. The van der Waals surface area contributed by atoms with Crippen LogP contribution in [-0.4, -0.2) is 23.3 Å². The third-order valence-electron chi connectivity index (χ3n) is 4.24. The molecule has 1 aliphatic heterocycles. The monoisotopic (exact) mass is 373 g/mol.